The summed E-state index contributed by atoms with van der Waals surface area (Å²) < 4.78 is 62.7. The quantitative estimate of drug-likeness (QED) is 0.242. The van der Waals surface area contributed by atoms with Gasteiger partial charge >= 0.3 is 5.76 Å². The van der Waals surface area contributed by atoms with Crippen molar-refractivity contribution in [3.8, 4) is 11.8 Å². The second kappa shape index (κ2) is 11.6. The summed E-state index contributed by atoms with van der Waals surface area (Å²) in [7, 11) is -4.50. The molecular formula is C29H28F2N4O4S. The van der Waals surface area contributed by atoms with Crippen molar-refractivity contribution < 1.29 is 21.6 Å². The highest BCUT2D eigenvalue weighted by Gasteiger charge is 2.25. The minimum atomic E-state index is -4.50. The first-order chi connectivity index (χ1) is 19.2. The van der Waals surface area contributed by atoms with E-state index in [9.17, 15) is 17.6 Å². The predicted molar refractivity (Wildman–Crippen MR) is 147 cm³/mol. The summed E-state index contributed by atoms with van der Waals surface area (Å²) in [5.74, 6) is 3.20. The Morgan fingerprint density at radius 2 is 1.88 bits per heavy atom. The number of rotatable bonds is 7. The standard InChI is InChI=1S/C29H28F2N4O4S/c1-19(21-10-5-8-20(16-21)9-7-15-32-22-11-3-2-4-12-22)35-24-17-23(30)26(18-25(24)39-29(35)36)40(37,38)34-28-14-6-13-27(31)33-28/h5-6,8,10,13-14,16-19,22,32H,2-4,11-12,15H2,1H3,(H,33,34)/t19-/m1/s1. The first-order valence-electron chi connectivity index (χ1n) is 13.0. The maximum Gasteiger partial charge on any atom is 0.420 e. The van der Waals surface area contributed by atoms with Crippen molar-refractivity contribution in [3.63, 3.8) is 0 Å². The minimum Gasteiger partial charge on any atom is -0.408 e. The molecule has 2 heterocycles. The molecule has 0 unspecified atom stereocenters. The molecule has 208 valence electrons. The van der Waals surface area contributed by atoms with Gasteiger partial charge in [-0.25, -0.2) is 22.6 Å². The van der Waals surface area contributed by atoms with Crippen LogP contribution < -0.4 is 15.8 Å². The van der Waals surface area contributed by atoms with E-state index in [1.165, 1.54) is 48.8 Å². The van der Waals surface area contributed by atoms with E-state index in [0.717, 1.165) is 29.3 Å². The van der Waals surface area contributed by atoms with Gasteiger partial charge in [0.2, 0.25) is 5.95 Å². The highest BCUT2D eigenvalue weighted by Crippen LogP contribution is 2.28. The number of hydrogen-bond donors (Lipinski definition) is 2. The van der Waals surface area contributed by atoms with Gasteiger partial charge in [-0.1, -0.05) is 49.3 Å². The fourth-order valence-electron chi connectivity index (χ4n) is 4.94. The third-order valence-electron chi connectivity index (χ3n) is 6.98. The van der Waals surface area contributed by atoms with Crippen LogP contribution in [-0.2, 0) is 10.0 Å². The number of hydrogen-bond acceptors (Lipinski definition) is 6. The topological polar surface area (TPSA) is 106 Å². The molecule has 2 aromatic carbocycles. The number of nitrogens with one attached hydrogen (secondary N) is 2. The molecule has 0 saturated heterocycles. The van der Waals surface area contributed by atoms with Crippen LogP contribution in [0.25, 0.3) is 11.1 Å². The third-order valence-corrected chi connectivity index (χ3v) is 8.35. The molecule has 0 spiro atoms. The molecule has 8 nitrogen and oxygen atoms in total. The Balaban J connectivity index is 1.39. The van der Waals surface area contributed by atoms with Crippen LogP contribution in [0.4, 0.5) is 14.6 Å². The number of aromatic nitrogens is 2. The van der Waals surface area contributed by atoms with E-state index in [1.807, 2.05) is 29.0 Å². The molecule has 0 radical (unpaired) electrons. The molecule has 2 aromatic heterocycles. The smallest absolute Gasteiger partial charge is 0.408 e. The van der Waals surface area contributed by atoms with Crippen molar-refractivity contribution >= 4 is 26.9 Å². The van der Waals surface area contributed by atoms with Gasteiger partial charge in [-0.3, -0.25) is 9.29 Å². The van der Waals surface area contributed by atoms with Crippen LogP contribution >= 0.6 is 0 Å². The number of sulfonamides is 1. The van der Waals surface area contributed by atoms with Gasteiger partial charge in [-0.05, 0) is 49.6 Å². The summed E-state index contributed by atoms with van der Waals surface area (Å²) in [6, 6.07) is 12.7. The number of halogens is 2. The van der Waals surface area contributed by atoms with E-state index in [-0.39, 0.29) is 16.9 Å². The third kappa shape index (κ3) is 6.08. The number of anilines is 1. The van der Waals surface area contributed by atoms with Crippen LogP contribution in [0.15, 0.2) is 68.7 Å². The van der Waals surface area contributed by atoms with Gasteiger partial charge in [-0.2, -0.15) is 4.39 Å². The lowest BCUT2D eigenvalue weighted by atomic mass is 9.95. The molecule has 1 atom stereocenters. The molecule has 5 rings (SSSR count). The van der Waals surface area contributed by atoms with Gasteiger partial charge in [0.05, 0.1) is 18.1 Å². The molecule has 11 heteroatoms. The van der Waals surface area contributed by atoms with E-state index >= 15 is 4.39 Å². The summed E-state index contributed by atoms with van der Waals surface area (Å²) in [4.78, 5) is 15.5. The van der Waals surface area contributed by atoms with E-state index < -0.39 is 38.5 Å². The highest BCUT2D eigenvalue weighted by atomic mass is 32.2. The van der Waals surface area contributed by atoms with Gasteiger partial charge in [0.1, 0.15) is 16.5 Å². The van der Waals surface area contributed by atoms with Gasteiger partial charge in [0.15, 0.2) is 5.58 Å². The van der Waals surface area contributed by atoms with E-state index in [2.05, 4.69) is 22.1 Å². The van der Waals surface area contributed by atoms with Gasteiger partial charge in [0, 0.05) is 23.7 Å². The number of oxazole rings is 1. The summed E-state index contributed by atoms with van der Waals surface area (Å²) in [6.07, 6.45) is 6.14. The lowest BCUT2D eigenvalue weighted by Crippen LogP contribution is -2.31. The maximum absolute atomic E-state index is 15.1. The highest BCUT2D eigenvalue weighted by molar-refractivity contribution is 7.92. The normalized spacial score (nSPS) is 15.0. The molecule has 0 aliphatic heterocycles. The van der Waals surface area contributed by atoms with Crippen molar-refractivity contribution in [3.05, 3.63) is 88.0 Å². The maximum atomic E-state index is 15.1. The molecule has 1 saturated carbocycles. The molecule has 1 fully saturated rings. The van der Waals surface area contributed by atoms with E-state index in [1.54, 1.807) is 6.92 Å². The molecule has 1 aliphatic rings. The van der Waals surface area contributed by atoms with Crippen LogP contribution in [-0.4, -0.2) is 30.6 Å². The van der Waals surface area contributed by atoms with E-state index in [0.29, 0.717) is 12.6 Å². The minimum absolute atomic E-state index is 0.0889. The second-order valence-electron chi connectivity index (χ2n) is 9.76. The Morgan fingerprint density at radius 1 is 1.10 bits per heavy atom. The van der Waals surface area contributed by atoms with Crippen molar-refractivity contribution in [1.82, 2.24) is 14.9 Å². The molecule has 1 aliphatic carbocycles. The average Bonchev–Trinajstić information content (AvgIpc) is 3.25. The summed E-state index contributed by atoms with van der Waals surface area (Å²) in [5, 5.41) is 3.48. The Hall–Kier alpha value is -4.01. The van der Waals surface area contributed by atoms with E-state index in [4.69, 9.17) is 4.42 Å². The molecule has 0 bridgehead atoms. The van der Waals surface area contributed by atoms with Crippen LogP contribution in [0.3, 0.4) is 0 Å². The number of pyridine rings is 1. The van der Waals surface area contributed by atoms with Crippen molar-refractivity contribution in [2.75, 3.05) is 11.3 Å². The number of fused-ring (bicyclic) bond motifs is 1. The molecule has 0 amide bonds. The first-order valence-corrected chi connectivity index (χ1v) is 14.5. The summed E-state index contributed by atoms with van der Waals surface area (Å²) >= 11 is 0. The summed E-state index contributed by atoms with van der Waals surface area (Å²) in [6.45, 7) is 2.35. The molecule has 40 heavy (non-hydrogen) atoms. The lowest BCUT2D eigenvalue weighted by Gasteiger charge is -2.21. The van der Waals surface area contributed by atoms with Crippen LogP contribution in [0, 0.1) is 23.6 Å². The monoisotopic (exact) mass is 566 g/mol. The zero-order valence-electron chi connectivity index (χ0n) is 21.8. The van der Waals surface area contributed by atoms with Gasteiger partial charge < -0.3 is 9.73 Å². The average molecular weight is 567 g/mol. The Morgan fingerprint density at radius 3 is 2.65 bits per heavy atom. The fourth-order valence-corrected chi connectivity index (χ4v) is 6.02. The zero-order valence-corrected chi connectivity index (χ0v) is 22.6. The predicted octanol–water partition coefficient (Wildman–Crippen LogP) is 4.95. The van der Waals surface area contributed by atoms with Gasteiger partial charge in [-0.15, -0.1) is 0 Å². The largest absolute Gasteiger partial charge is 0.420 e. The number of benzene rings is 2. The number of nitrogens with zero attached hydrogens (tertiary/aromatic N) is 2. The molecule has 2 N–H and O–H groups in total. The zero-order chi connectivity index (χ0) is 28.3. The molecular weight excluding hydrogens is 538 g/mol. The summed E-state index contributed by atoms with van der Waals surface area (Å²) in [5.41, 5.74) is 1.49. The lowest BCUT2D eigenvalue weighted by molar-refractivity contribution is 0.386. The Labute approximate surface area is 230 Å². The van der Waals surface area contributed by atoms with Crippen LogP contribution in [0.1, 0.15) is 56.2 Å². The second-order valence-corrected chi connectivity index (χ2v) is 11.4. The van der Waals surface area contributed by atoms with Crippen molar-refractivity contribution in [2.45, 2.75) is 56.0 Å². The van der Waals surface area contributed by atoms with Crippen LogP contribution in [0.2, 0.25) is 0 Å². The van der Waals surface area contributed by atoms with Crippen molar-refractivity contribution in [1.29, 1.82) is 0 Å². The van der Waals surface area contributed by atoms with Crippen LogP contribution in [0.5, 0.6) is 0 Å². The molecule has 4 aromatic rings. The Kier molecular flexibility index (Phi) is 8.00. The Bertz CT molecular complexity index is 1770. The van der Waals surface area contributed by atoms with Crippen molar-refractivity contribution in [2.24, 2.45) is 0 Å². The van der Waals surface area contributed by atoms with Gasteiger partial charge in [0.25, 0.3) is 10.0 Å². The first kappa shape index (κ1) is 27.6. The fraction of sp³-hybridized carbons (Fsp3) is 0.310. The SMILES string of the molecule is C[C@H](c1cccc(C#CCNC2CCCCC2)c1)n1c(=O)oc2cc(S(=O)(=O)Nc3cccc(F)n3)c(F)cc21.